The molecule has 2 heterocycles. The first kappa shape index (κ1) is 13.8. The van der Waals surface area contributed by atoms with Crippen molar-refractivity contribution in [3.8, 4) is 0 Å². The molecule has 2 aliphatic rings. The molecule has 3 atom stereocenters. The third-order valence-corrected chi connectivity index (χ3v) is 6.34. The summed E-state index contributed by atoms with van der Waals surface area (Å²) in [4.78, 5) is 12.0. The maximum Gasteiger partial charge on any atom is 0.224 e. The molecule has 2 aliphatic heterocycles. The Morgan fingerprint density at radius 2 is 2.11 bits per heavy atom. The van der Waals surface area contributed by atoms with Crippen LogP contribution in [-0.2, 0) is 14.6 Å². The molecule has 2 rings (SSSR count). The molecule has 104 valence electrons. The van der Waals surface area contributed by atoms with Crippen LogP contribution in [0.3, 0.4) is 0 Å². The monoisotopic (exact) mass is 274 g/mol. The number of carbonyl (C=O) groups is 1. The quantitative estimate of drug-likeness (QED) is 0.763. The van der Waals surface area contributed by atoms with Crippen LogP contribution in [0.4, 0.5) is 0 Å². The largest absolute Gasteiger partial charge is 0.355 e. The summed E-state index contributed by atoms with van der Waals surface area (Å²) in [6.45, 7) is 3.25. The highest BCUT2D eigenvalue weighted by Crippen LogP contribution is 2.20. The molecule has 0 bridgehead atoms. The first-order valence-corrected chi connectivity index (χ1v) is 8.45. The van der Waals surface area contributed by atoms with E-state index in [0.29, 0.717) is 6.42 Å². The molecule has 1 amide bonds. The van der Waals surface area contributed by atoms with Gasteiger partial charge in [-0.05, 0) is 39.2 Å². The molecule has 0 spiro atoms. The molecule has 0 aromatic rings. The number of nitrogens with one attached hydrogen (secondary N) is 2. The summed E-state index contributed by atoms with van der Waals surface area (Å²) in [5, 5.41) is 5.73. The van der Waals surface area contributed by atoms with E-state index in [0.717, 1.165) is 25.8 Å². The molecule has 2 fully saturated rings. The van der Waals surface area contributed by atoms with Crippen molar-refractivity contribution < 1.29 is 13.2 Å². The van der Waals surface area contributed by atoms with Gasteiger partial charge in [-0.15, -0.1) is 0 Å². The highest BCUT2D eigenvalue weighted by atomic mass is 32.2. The van der Waals surface area contributed by atoms with Gasteiger partial charge in [0.1, 0.15) is 0 Å². The van der Waals surface area contributed by atoms with Gasteiger partial charge in [-0.2, -0.15) is 0 Å². The number of carbonyl (C=O) groups excluding carboxylic acids is 1. The molecule has 0 saturated carbocycles. The fourth-order valence-corrected chi connectivity index (χ4v) is 4.60. The van der Waals surface area contributed by atoms with Crippen LogP contribution in [0.1, 0.15) is 32.6 Å². The molecule has 18 heavy (non-hydrogen) atoms. The van der Waals surface area contributed by atoms with E-state index in [1.165, 1.54) is 0 Å². The van der Waals surface area contributed by atoms with Gasteiger partial charge in [0.05, 0.1) is 16.9 Å². The second-order valence-electron chi connectivity index (χ2n) is 5.37. The Morgan fingerprint density at radius 3 is 2.72 bits per heavy atom. The van der Waals surface area contributed by atoms with E-state index in [1.54, 1.807) is 0 Å². The van der Waals surface area contributed by atoms with Gasteiger partial charge in [-0.1, -0.05) is 0 Å². The van der Waals surface area contributed by atoms with Crippen LogP contribution in [-0.4, -0.2) is 44.5 Å². The fourth-order valence-electron chi connectivity index (χ4n) is 2.84. The van der Waals surface area contributed by atoms with Crippen molar-refractivity contribution in [1.82, 2.24) is 10.6 Å². The summed E-state index contributed by atoms with van der Waals surface area (Å²) in [6, 6.07) is 0.180. The van der Waals surface area contributed by atoms with Crippen LogP contribution in [0.2, 0.25) is 0 Å². The number of hydrogen-bond acceptors (Lipinski definition) is 4. The van der Waals surface area contributed by atoms with E-state index in [1.807, 2.05) is 6.92 Å². The third kappa shape index (κ3) is 3.03. The molecule has 0 aromatic carbocycles. The number of hydrogen-bond donors (Lipinski definition) is 2. The Hall–Kier alpha value is -0.620. The SMILES string of the molecule is CC1NCCCC1C(=O)NCC1CCCS1(=O)=O. The van der Waals surface area contributed by atoms with Crippen molar-refractivity contribution in [3.05, 3.63) is 0 Å². The lowest BCUT2D eigenvalue weighted by atomic mass is 9.91. The Bertz CT molecular complexity index is 408. The van der Waals surface area contributed by atoms with E-state index >= 15 is 0 Å². The standard InChI is InChI=1S/C12H22N2O3S/c1-9-11(5-2-6-13-9)12(15)14-8-10-4-3-7-18(10,16)17/h9-11,13H,2-8H2,1H3,(H,14,15). The molecule has 2 saturated heterocycles. The van der Waals surface area contributed by atoms with Crippen LogP contribution < -0.4 is 10.6 Å². The zero-order valence-corrected chi connectivity index (χ0v) is 11.6. The summed E-state index contributed by atoms with van der Waals surface area (Å²) < 4.78 is 23.3. The third-order valence-electron chi connectivity index (χ3n) is 4.07. The average molecular weight is 274 g/mol. The van der Waals surface area contributed by atoms with E-state index < -0.39 is 9.84 Å². The smallest absolute Gasteiger partial charge is 0.224 e. The normalized spacial score (nSPS) is 35.3. The van der Waals surface area contributed by atoms with Crippen LogP contribution >= 0.6 is 0 Å². The molecule has 0 aliphatic carbocycles. The van der Waals surface area contributed by atoms with Crippen molar-refractivity contribution in [2.24, 2.45) is 5.92 Å². The highest BCUT2D eigenvalue weighted by Gasteiger charge is 2.33. The van der Waals surface area contributed by atoms with Crippen molar-refractivity contribution in [2.45, 2.75) is 43.9 Å². The Kier molecular flexibility index (Phi) is 4.27. The first-order valence-electron chi connectivity index (χ1n) is 6.73. The maximum absolute atomic E-state index is 12.0. The second-order valence-corrected chi connectivity index (χ2v) is 7.77. The van der Waals surface area contributed by atoms with Gasteiger partial charge in [0.2, 0.25) is 5.91 Å². The molecular weight excluding hydrogens is 252 g/mol. The minimum absolute atomic E-state index is 0.00296. The molecule has 6 heteroatoms. The first-order chi connectivity index (χ1) is 8.50. The van der Waals surface area contributed by atoms with Crippen molar-refractivity contribution >= 4 is 15.7 Å². The molecule has 0 aromatic heterocycles. The summed E-state index contributed by atoms with van der Waals surface area (Å²) in [6.07, 6.45) is 3.30. The number of piperidine rings is 1. The van der Waals surface area contributed by atoms with Crippen LogP contribution in [0.25, 0.3) is 0 Å². The molecule has 3 unspecified atom stereocenters. The minimum Gasteiger partial charge on any atom is -0.355 e. The van der Waals surface area contributed by atoms with Gasteiger partial charge in [0.15, 0.2) is 9.84 Å². The number of amides is 1. The van der Waals surface area contributed by atoms with Gasteiger partial charge in [-0.25, -0.2) is 8.42 Å². The van der Waals surface area contributed by atoms with Crippen LogP contribution in [0, 0.1) is 5.92 Å². The molecule has 0 radical (unpaired) electrons. The van der Waals surface area contributed by atoms with Gasteiger partial charge >= 0.3 is 0 Å². The zero-order valence-electron chi connectivity index (χ0n) is 10.8. The minimum atomic E-state index is -2.96. The van der Waals surface area contributed by atoms with E-state index in [4.69, 9.17) is 0 Å². The van der Waals surface area contributed by atoms with Crippen molar-refractivity contribution in [2.75, 3.05) is 18.8 Å². The summed E-state index contributed by atoms with van der Waals surface area (Å²) in [7, 11) is -2.96. The van der Waals surface area contributed by atoms with Gasteiger partial charge in [-0.3, -0.25) is 4.79 Å². The lowest BCUT2D eigenvalue weighted by Crippen LogP contribution is -2.48. The van der Waals surface area contributed by atoms with Crippen LogP contribution in [0.15, 0.2) is 0 Å². The van der Waals surface area contributed by atoms with E-state index in [-0.39, 0.29) is 35.4 Å². The zero-order chi connectivity index (χ0) is 13.2. The molecule has 5 nitrogen and oxygen atoms in total. The van der Waals surface area contributed by atoms with Crippen LogP contribution in [0.5, 0.6) is 0 Å². The van der Waals surface area contributed by atoms with E-state index in [2.05, 4.69) is 10.6 Å². The summed E-state index contributed by atoms with van der Waals surface area (Å²) in [5.41, 5.74) is 0. The summed E-state index contributed by atoms with van der Waals surface area (Å²) in [5.74, 6) is 0.245. The average Bonchev–Trinajstić information content (AvgIpc) is 2.66. The topological polar surface area (TPSA) is 75.3 Å². The van der Waals surface area contributed by atoms with Gasteiger partial charge in [0.25, 0.3) is 0 Å². The Balaban J connectivity index is 1.84. The van der Waals surface area contributed by atoms with Gasteiger partial charge < -0.3 is 10.6 Å². The predicted molar refractivity (Wildman–Crippen MR) is 70.0 cm³/mol. The maximum atomic E-state index is 12.0. The lowest BCUT2D eigenvalue weighted by Gasteiger charge is -2.29. The fraction of sp³-hybridized carbons (Fsp3) is 0.917. The predicted octanol–water partition coefficient (Wildman–Crippen LogP) is 0.0679. The highest BCUT2D eigenvalue weighted by molar-refractivity contribution is 7.92. The second kappa shape index (κ2) is 5.57. The Labute approximate surface area is 109 Å². The molecule has 2 N–H and O–H groups in total. The number of rotatable bonds is 3. The van der Waals surface area contributed by atoms with E-state index in [9.17, 15) is 13.2 Å². The number of sulfone groups is 1. The summed E-state index contributed by atoms with van der Waals surface area (Å²) >= 11 is 0. The van der Waals surface area contributed by atoms with Crippen molar-refractivity contribution in [1.29, 1.82) is 0 Å². The van der Waals surface area contributed by atoms with Gasteiger partial charge in [0, 0.05) is 12.6 Å². The lowest BCUT2D eigenvalue weighted by molar-refractivity contribution is -0.126. The molecular formula is C12H22N2O3S. The Morgan fingerprint density at radius 1 is 1.33 bits per heavy atom. The van der Waals surface area contributed by atoms with Crippen molar-refractivity contribution in [3.63, 3.8) is 0 Å².